The van der Waals surface area contributed by atoms with Gasteiger partial charge in [-0.25, -0.2) is 0 Å². The van der Waals surface area contributed by atoms with Gasteiger partial charge >= 0.3 is 0 Å². The molecule has 1 aromatic heterocycles. The maximum Gasteiger partial charge on any atom is 0.228 e. The molecule has 0 radical (unpaired) electrons. The van der Waals surface area contributed by atoms with Crippen LogP contribution in [0.2, 0.25) is 0 Å². The quantitative estimate of drug-likeness (QED) is 0.782. The van der Waals surface area contributed by atoms with Crippen LogP contribution in [0.5, 0.6) is 0 Å². The zero-order valence-electron chi connectivity index (χ0n) is 13.1. The Morgan fingerprint density at radius 3 is 2.71 bits per heavy atom. The number of hydrogen-bond acceptors (Lipinski definition) is 5. The number of nitrogens with zero attached hydrogens (tertiary/aromatic N) is 4. The topological polar surface area (TPSA) is 43.2 Å². The van der Waals surface area contributed by atoms with Crippen LogP contribution in [0.25, 0.3) is 0 Å². The van der Waals surface area contributed by atoms with Gasteiger partial charge < -0.3 is 9.64 Å². The molecular formula is C15H26N4OS. The van der Waals surface area contributed by atoms with E-state index in [4.69, 9.17) is 4.74 Å². The first kappa shape index (κ1) is 15.2. The normalized spacial score (nSPS) is 23.9. The Hall–Kier alpha value is -0.750. The third-order valence-electron chi connectivity index (χ3n) is 4.45. The van der Waals surface area contributed by atoms with Crippen LogP contribution in [0.15, 0.2) is 5.16 Å². The maximum atomic E-state index is 5.81. The second-order valence-corrected chi connectivity index (χ2v) is 7.36. The Bertz CT molecular complexity index is 451. The molecule has 0 N–H and O–H groups in total. The molecule has 6 heteroatoms. The third-order valence-corrected chi connectivity index (χ3v) is 5.30. The number of ether oxygens (including phenoxy) is 1. The van der Waals surface area contributed by atoms with Crippen LogP contribution in [0.1, 0.15) is 39.5 Å². The zero-order valence-corrected chi connectivity index (χ0v) is 13.9. The maximum absolute atomic E-state index is 5.81. The Balaban J connectivity index is 1.78. The Morgan fingerprint density at radius 2 is 2.05 bits per heavy atom. The van der Waals surface area contributed by atoms with Gasteiger partial charge in [0.25, 0.3) is 0 Å². The van der Waals surface area contributed by atoms with Crippen molar-refractivity contribution in [1.82, 2.24) is 14.8 Å². The van der Waals surface area contributed by atoms with Crippen molar-refractivity contribution in [3.63, 3.8) is 0 Å². The molecule has 1 aromatic rings. The number of aromatic nitrogens is 3. The molecule has 0 saturated carbocycles. The summed E-state index contributed by atoms with van der Waals surface area (Å²) in [4.78, 5) is 2.40. The zero-order chi connectivity index (χ0) is 14.7. The first-order valence-corrected chi connectivity index (χ1v) is 9.19. The summed E-state index contributed by atoms with van der Waals surface area (Å²) in [5.74, 6) is 2.91. The fourth-order valence-electron chi connectivity index (χ4n) is 3.11. The van der Waals surface area contributed by atoms with E-state index in [0.29, 0.717) is 6.10 Å². The highest BCUT2D eigenvalue weighted by Gasteiger charge is 2.25. The van der Waals surface area contributed by atoms with Crippen molar-refractivity contribution in [2.24, 2.45) is 5.92 Å². The van der Waals surface area contributed by atoms with Gasteiger partial charge in [-0.15, -0.1) is 10.2 Å². The second kappa shape index (κ2) is 7.01. The van der Waals surface area contributed by atoms with Gasteiger partial charge in [-0.05, 0) is 37.4 Å². The molecule has 2 fully saturated rings. The molecule has 2 saturated heterocycles. The van der Waals surface area contributed by atoms with Crippen molar-refractivity contribution in [2.45, 2.75) is 57.3 Å². The highest BCUT2D eigenvalue weighted by Crippen LogP contribution is 2.27. The molecule has 0 bridgehead atoms. The molecule has 3 heterocycles. The van der Waals surface area contributed by atoms with Crippen molar-refractivity contribution in [1.29, 1.82) is 0 Å². The van der Waals surface area contributed by atoms with Crippen LogP contribution in [0, 0.1) is 5.92 Å². The summed E-state index contributed by atoms with van der Waals surface area (Å²) in [5, 5.41) is 9.95. The van der Waals surface area contributed by atoms with E-state index in [1.165, 1.54) is 19.3 Å². The molecule has 5 nitrogen and oxygen atoms in total. The molecule has 118 valence electrons. The molecular weight excluding hydrogens is 284 g/mol. The highest BCUT2D eigenvalue weighted by molar-refractivity contribution is 7.99. The monoisotopic (exact) mass is 310 g/mol. The number of piperidine rings is 1. The molecule has 2 aliphatic rings. The van der Waals surface area contributed by atoms with E-state index in [0.717, 1.165) is 55.4 Å². The number of hydrogen-bond donors (Lipinski definition) is 0. The van der Waals surface area contributed by atoms with Crippen LogP contribution in [-0.4, -0.2) is 46.3 Å². The van der Waals surface area contributed by atoms with Gasteiger partial charge in [0.1, 0.15) is 0 Å². The largest absolute Gasteiger partial charge is 0.376 e. The highest BCUT2D eigenvalue weighted by atomic mass is 32.2. The predicted octanol–water partition coefficient (Wildman–Crippen LogP) is 2.81. The molecule has 0 amide bonds. The van der Waals surface area contributed by atoms with Gasteiger partial charge in [-0.2, -0.15) is 0 Å². The van der Waals surface area contributed by atoms with E-state index >= 15 is 0 Å². The molecule has 0 spiro atoms. The minimum Gasteiger partial charge on any atom is -0.376 e. The summed E-state index contributed by atoms with van der Waals surface area (Å²) < 4.78 is 8.11. The predicted molar refractivity (Wildman–Crippen MR) is 86.0 cm³/mol. The van der Waals surface area contributed by atoms with Gasteiger partial charge in [0.15, 0.2) is 5.16 Å². The van der Waals surface area contributed by atoms with E-state index in [1.807, 2.05) is 0 Å². The fraction of sp³-hybridized carbons (Fsp3) is 0.867. The van der Waals surface area contributed by atoms with E-state index in [1.54, 1.807) is 11.8 Å². The second-order valence-electron chi connectivity index (χ2n) is 6.13. The van der Waals surface area contributed by atoms with Crippen LogP contribution >= 0.6 is 11.8 Å². The lowest BCUT2D eigenvalue weighted by atomic mass is 10.00. The Labute approximate surface area is 131 Å². The summed E-state index contributed by atoms with van der Waals surface area (Å²) in [6, 6.07) is 0. The van der Waals surface area contributed by atoms with Gasteiger partial charge in [-0.1, -0.05) is 25.6 Å². The molecule has 3 rings (SSSR count). The molecule has 2 aliphatic heterocycles. The summed E-state index contributed by atoms with van der Waals surface area (Å²) in [6.45, 7) is 8.50. The van der Waals surface area contributed by atoms with E-state index in [2.05, 4.69) is 33.5 Å². The van der Waals surface area contributed by atoms with Crippen molar-refractivity contribution < 1.29 is 4.74 Å². The van der Waals surface area contributed by atoms with E-state index in [9.17, 15) is 0 Å². The standard InChI is InChI=1S/C15H26N4OS/c1-3-21-15-17-16-14(18-8-6-12(2)7-9-18)19(15)11-13-5-4-10-20-13/h12-13H,3-11H2,1-2H3/t13-/m0/s1. The molecule has 0 unspecified atom stereocenters. The van der Waals surface area contributed by atoms with E-state index < -0.39 is 0 Å². The fourth-order valence-corrected chi connectivity index (χ4v) is 3.78. The lowest BCUT2D eigenvalue weighted by molar-refractivity contribution is 0.0951. The van der Waals surface area contributed by atoms with Crippen LogP contribution in [-0.2, 0) is 11.3 Å². The lowest BCUT2D eigenvalue weighted by Gasteiger charge is -2.31. The van der Waals surface area contributed by atoms with Crippen LogP contribution in [0.4, 0.5) is 5.95 Å². The third kappa shape index (κ3) is 3.54. The number of anilines is 1. The Morgan fingerprint density at radius 1 is 1.24 bits per heavy atom. The summed E-state index contributed by atoms with van der Waals surface area (Å²) in [6.07, 6.45) is 5.18. The first-order chi connectivity index (χ1) is 10.3. The van der Waals surface area contributed by atoms with Gasteiger partial charge in [0.2, 0.25) is 5.95 Å². The number of rotatable bonds is 5. The minimum absolute atomic E-state index is 0.333. The lowest BCUT2D eigenvalue weighted by Crippen LogP contribution is -2.35. The van der Waals surface area contributed by atoms with Gasteiger partial charge in [0, 0.05) is 19.7 Å². The smallest absolute Gasteiger partial charge is 0.228 e. The molecule has 1 atom stereocenters. The van der Waals surface area contributed by atoms with Crippen molar-refractivity contribution in [3.05, 3.63) is 0 Å². The summed E-state index contributed by atoms with van der Waals surface area (Å²) in [5.41, 5.74) is 0. The van der Waals surface area contributed by atoms with Crippen molar-refractivity contribution in [3.8, 4) is 0 Å². The van der Waals surface area contributed by atoms with Gasteiger partial charge in [-0.3, -0.25) is 4.57 Å². The number of thioether (sulfide) groups is 1. The van der Waals surface area contributed by atoms with Crippen LogP contribution < -0.4 is 4.90 Å². The van der Waals surface area contributed by atoms with Gasteiger partial charge in [0.05, 0.1) is 12.6 Å². The molecule has 21 heavy (non-hydrogen) atoms. The van der Waals surface area contributed by atoms with E-state index in [-0.39, 0.29) is 0 Å². The molecule has 0 aromatic carbocycles. The average Bonchev–Trinajstić information content (AvgIpc) is 3.12. The Kier molecular flexibility index (Phi) is 5.06. The minimum atomic E-state index is 0.333. The molecule has 0 aliphatic carbocycles. The summed E-state index contributed by atoms with van der Waals surface area (Å²) >= 11 is 1.78. The first-order valence-electron chi connectivity index (χ1n) is 8.20. The average molecular weight is 310 g/mol. The van der Waals surface area contributed by atoms with Crippen molar-refractivity contribution in [2.75, 3.05) is 30.3 Å². The van der Waals surface area contributed by atoms with Crippen LogP contribution in [0.3, 0.4) is 0 Å². The van der Waals surface area contributed by atoms with Crippen molar-refractivity contribution >= 4 is 17.7 Å². The summed E-state index contributed by atoms with van der Waals surface area (Å²) in [7, 11) is 0. The SMILES string of the molecule is CCSc1nnc(N2CCC(C)CC2)n1C[C@@H]1CCCO1.